The topological polar surface area (TPSA) is 49.8 Å². The molecule has 98 valence electrons. The van der Waals surface area contributed by atoms with E-state index in [9.17, 15) is 9.18 Å². The lowest BCUT2D eigenvalue weighted by molar-refractivity contribution is 0.0629. The number of carboxylic acids is 1. The monoisotopic (exact) mass is 253 g/mol. The van der Waals surface area contributed by atoms with Crippen LogP contribution in [0.2, 0.25) is 0 Å². The first-order valence-electron chi connectivity index (χ1n) is 5.80. The average Bonchev–Trinajstić information content (AvgIpc) is 2.29. The molecule has 0 radical (unpaired) electrons. The van der Waals surface area contributed by atoms with Crippen molar-refractivity contribution in [3.05, 3.63) is 29.6 Å². The molecule has 2 rings (SSSR count). The summed E-state index contributed by atoms with van der Waals surface area (Å²) in [6.07, 6.45) is 0. The highest BCUT2D eigenvalue weighted by molar-refractivity contribution is 5.94. The van der Waals surface area contributed by atoms with Gasteiger partial charge in [-0.1, -0.05) is 0 Å². The summed E-state index contributed by atoms with van der Waals surface area (Å²) in [5.74, 6) is -1.66. The summed E-state index contributed by atoms with van der Waals surface area (Å²) < 4.78 is 18.6. The minimum Gasteiger partial charge on any atom is -0.478 e. The van der Waals surface area contributed by atoms with Crippen molar-refractivity contribution in [1.29, 1.82) is 0 Å². The Morgan fingerprint density at radius 2 is 2.22 bits per heavy atom. The van der Waals surface area contributed by atoms with Crippen LogP contribution >= 0.6 is 0 Å². The van der Waals surface area contributed by atoms with Gasteiger partial charge in [0.15, 0.2) is 0 Å². The van der Waals surface area contributed by atoms with Crippen LogP contribution in [-0.2, 0) is 4.74 Å². The summed E-state index contributed by atoms with van der Waals surface area (Å²) in [6, 6.07) is 3.86. The maximum Gasteiger partial charge on any atom is 0.337 e. The van der Waals surface area contributed by atoms with E-state index in [0.717, 1.165) is 6.07 Å². The molecule has 1 aromatic carbocycles. The van der Waals surface area contributed by atoms with Crippen LogP contribution in [0.3, 0.4) is 0 Å². The van der Waals surface area contributed by atoms with Crippen molar-refractivity contribution in [2.45, 2.75) is 19.4 Å². The molecule has 1 aliphatic rings. The molecule has 0 atom stereocenters. The van der Waals surface area contributed by atoms with Crippen LogP contribution in [0.15, 0.2) is 18.2 Å². The SMILES string of the molecule is CC1(C)COCCN1c1ccc(F)cc1C(=O)O. The number of benzene rings is 1. The molecular weight excluding hydrogens is 237 g/mol. The van der Waals surface area contributed by atoms with Gasteiger partial charge in [-0.05, 0) is 32.0 Å². The first-order chi connectivity index (χ1) is 8.42. The van der Waals surface area contributed by atoms with Gasteiger partial charge in [0.2, 0.25) is 0 Å². The number of aromatic carboxylic acids is 1. The van der Waals surface area contributed by atoms with Crippen LogP contribution in [0.4, 0.5) is 10.1 Å². The first kappa shape index (κ1) is 12.8. The lowest BCUT2D eigenvalue weighted by Crippen LogP contribution is -2.53. The number of rotatable bonds is 2. The highest BCUT2D eigenvalue weighted by Crippen LogP contribution is 2.30. The van der Waals surface area contributed by atoms with Crippen molar-refractivity contribution in [3.8, 4) is 0 Å². The maximum atomic E-state index is 13.2. The zero-order valence-corrected chi connectivity index (χ0v) is 10.4. The van der Waals surface area contributed by atoms with Crippen molar-refractivity contribution in [3.63, 3.8) is 0 Å². The average molecular weight is 253 g/mol. The van der Waals surface area contributed by atoms with Gasteiger partial charge in [0.1, 0.15) is 5.82 Å². The molecular formula is C13H16FNO3. The predicted octanol–water partition coefficient (Wildman–Crippen LogP) is 2.14. The number of anilines is 1. The lowest BCUT2D eigenvalue weighted by Gasteiger charge is -2.44. The molecule has 0 unspecified atom stereocenters. The molecule has 1 heterocycles. The van der Waals surface area contributed by atoms with E-state index >= 15 is 0 Å². The van der Waals surface area contributed by atoms with Crippen molar-refractivity contribution in [2.75, 3.05) is 24.7 Å². The van der Waals surface area contributed by atoms with Gasteiger partial charge in [0.25, 0.3) is 0 Å². The van der Waals surface area contributed by atoms with Crippen molar-refractivity contribution < 1.29 is 19.0 Å². The van der Waals surface area contributed by atoms with Crippen LogP contribution in [0, 0.1) is 5.82 Å². The number of carboxylic acid groups (broad SMARTS) is 1. The summed E-state index contributed by atoms with van der Waals surface area (Å²) in [6.45, 7) is 5.60. The van der Waals surface area contributed by atoms with Gasteiger partial charge in [-0.3, -0.25) is 0 Å². The van der Waals surface area contributed by atoms with Crippen molar-refractivity contribution in [2.24, 2.45) is 0 Å². The first-order valence-corrected chi connectivity index (χ1v) is 5.80. The van der Waals surface area contributed by atoms with E-state index in [1.165, 1.54) is 12.1 Å². The molecule has 0 saturated carbocycles. The number of hydrogen-bond acceptors (Lipinski definition) is 3. The lowest BCUT2D eigenvalue weighted by atomic mass is 9.99. The smallest absolute Gasteiger partial charge is 0.337 e. The Kier molecular flexibility index (Phi) is 3.26. The van der Waals surface area contributed by atoms with Crippen molar-refractivity contribution >= 4 is 11.7 Å². The number of halogens is 1. The summed E-state index contributed by atoms with van der Waals surface area (Å²) >= 11 is 0. The van der Waals surface area contributed by atoms with E-state index in [1.807, 2.05) is 18.7 Å². The number of hydrogen-bond donors (Lipinski definition) is 1. The van der Waals surface area contributed by atoms with Crippen LogP contribution in [-0.4, -0.2) is 36.4 Å². The van der Waals surface area contributed by atoms with E-state index in [0.29, 0.717) is 25.4 Å². The largest absolute Gasteiger partial charge is 0.478 e. The molecule has 1 saturated heterocycles. The van der Waals surface area contributed by atoms with Crippen LogP contribution in [0.25, 0.3) is 0 Å². The van der Waals surface area contributed by atoms with Crippen LogP contribution in [0.5, 0.6) is 0 Å². The standard InChI is InChI=1S/C13H16FNO3/c1-13(2)8-18-6-5-15(13)11-4-3-9(14)7-10(11)12(16)17/h3-4,7H,5-6,8H2,1-2H3,(H,16,17). The number of nitrogens with zero attached hydrogens (tertiary/aromatic N) is 1. The van der Waals surface area contributed by atoms with Gasteiger partial charge in [0.05, 0.1) is 30.0 Å². The second kappa shape index (κ2) is 4.57. The van der Waals surface area contributed by atoms with Gasteiger partial charge in [0, 0.05) is 6.54 Å². The van der Waals surface area contributed by atoms with E-state index in [-0.39, 0.29) is 11.1 Å². The van der Waals surface area contributed by atoms with Gasteiger partial charge in [-0.15, -0.1) is 0 Å². The highest BCUT2D eigenvalue weighted by atomic mass is 19.1. The molecule has 1 fully saturated rings. The molecule has 0 aliphatic carbocycles. The molecule has 1 N–H and O–H groups in total. The van der Waals surface area contributed by atoms with Gasteiger partial charge in [-0.25, -0.2) is 9.18 Å². The molecule has 4 nitrogen and oxygen atoms in total. The summed E-state index contributed by atoms with van der Waals surface area (Å²) in [7, 11) is 0. The summed E-state index contributed by atoms with van der Waals surface area (Å²) in [4.78, 5) is 13.2. The molecule has 0 spiro atoms. The zero-order valence-electron chi connectivity index (χ0n) is 10.4. The third-order valence-corrected chi connectivity index (χ3v) is 3.13. The Bertz CT molecular complexity index is 473. The Hall–Kier alpha value is -1.62. The fraction of sp³-hybridized carbons (Fsp3) is 0.462. The number of ether oxygens (including phenoxy) is 1. The summed E-state index contributed by atoms with van der Waals surface area (Å²) in [5.41, 5.74) is 0.225. The minimum atomic E-state index is -1.12. The second-order valence-corrected chi connectivity index (χ2v) is 4.98. The van der Waals surface area contributed by atoms with Gasteiger partial charge in [-0.2, -0.15) is 0 Å². The Labute approximate surface area is 105 Å². The molecule has 18 heavy (non-hydrogen) atoms. The second-order valence-electron chi connectivity index (χ2n) is 4.98. The Morgan fingerprint density at radius 3 is 2.83 bits per heavy atom. The molecule has 0 aromatic heterocycles. The van der Waals surface area contributed by atoms with E-state index in [1.54, 1.807) is 0 Å². The molecule has 1 aromatic rings. The molecule has 0 amide bonds. The summed E-state index contributed by atoms with van der Waals surface area (Å²) in [5, 5.41) is 9.17. The number of morpholine rings is 1. The van der Waals surface area contributed by atoms with Gasteiger partial charge >= 0.3 is 5.97 Å². The van der Waals surface area contributed by atoms with Crippen molar-refractivity contribution in [1.82, 2.24) is 0 Å². The normalized spacial score (nSPS) is 18.7. The molecule has 0 bridgehead atoms. The predicted molar refractivity (Wildman–Crippen MR) is 65.6 cm³/mol. The molecule has 5 heteroatoms. The van der Waals surface area contributed by atoms with E-state index in [2.05, 4.69) is 0 Å². The van der Waals surface area contributed by atoms with Crippen LogP contribution < -0.4 is 4.90 Å². The fourth-order valence-corrected chi connectivity index (χ4v) is 2.22. The number of carbonyl (C=O) groups is 1. The third-order valence-electron chi connectivity index (χ3n) is 3.13. The Balaban J connectivity index is 2.46. The quantitative estimate of drug-likeness (QED) is 0.877. The third kappa shape index (κ3) is 2.31. The molecule has 1 aliphatic heterocycles. The maximum absolute atomic E-state index is 13.2. The van der Waals surface area contributed by atoms with Crippen LogP contribution in [0.1, 0.15) is 24.2 Å². The highest BCUT2D eigenvalue weighted by Gasteiger charge is 2.32. The van der Waals surface area contributed by atoms with E-state index < -0.39 is 11.8 Å². The minimum absolute atomic E-state index is 0.00928. The van der Waals surface area contributed by atoms with E-state index in [4.69, 9.17) is 9.84 Å². The zero-order chi connectivity index (χ0) is 13.3. The Morgan fingerprint density at radius 1 is 1.50 bits per heavy atom. The van der Waals surface area contributed by atoms with Gasteiger partial charge < -0.3 is 14.7 Å². The fourth-order valence-electron chi connectivity index (χ4n) is 2.22.